The van der Waals surface area contributed by atoms with E-state index in [0.29, 0.717) is 36.9 Å². The Morgan fingerprint density at radius 2 is 1.90 bits per heavy atom. The molecule has 1 aliphatic heterocycles. The zero-order chi connectivity index (χ0) is 20.9. The monoisotopic (exact) mass is 421 g/mol. The van der Waals surface area contributed by atoms with Crippen LogP contribution in [0.15, 0.2) is 29.4 Å². The SMILES string of the molecule is COc1ccc(S(=O)(=O)NCCNc2cc(N3CCOCC3)ncn2)c(C)c1C. The predicted octanol–water partition coefficient (Wildman–Crippen LogP) is 1.33. The summed E-state index contributed by atoms with van der Waals surface area (Å²) in [4.78, 5) is 10.9. The van der Waals surface area contributed by atoms with Gasteiger partial charge in [-0.2, -0.15) is 0 Å². The normalized spacial score (nSPS) is 14.7. The Hall–Kier alpha value is -2.43. The molecule has 158 valence electrons. The molecule has 2 N–H and O–H groups in total. The molecule has 0 bridgehead atoms. The Balaban J connectivity index is 1.57. The van der Waals surface area contributed by atoms with Gasteiger partial charge in [0.2, 0.25) is 10.0 Å². The highest BCUT2D eigenvalue weighted by molar-refractivity contribution is 7.89. The Bertz CT molecular complexity index is 946. The highest BCUT2D eigenvalue weighted by Gasteiger charge is 2.19. The molecule has 0 unspecified atom stereocenters. The van der Waals surface area contributed by atoms with Crippen LogP contribution in [0.3, 0.4) is 0 Å². The van der Waals surface area contributed by atoms with Gasteiger partial charge in [0.25, 0.3) is 0 Å². The van der Waals surface area contributed by atoms with Gasteiger partial charge in [-0.05, 0) is 37.1 Å². The second-order valence-corrected chi connectivity index (χ2v) is 8.44. The van der Waals surface area contributed by atoms with Gasteiger partial charge < -0.3 is 19.7 Å². The molecule has 0 amide bonds. The van der Waals surface area contributed by atoms with Crippen molar-refractivity contribution < 1.29 is 17.9 Å². The lowest BCUT2D eigenvalue weighted by Gasteiger charge is -2.27. The van der Waals surface area contributed by atoms with Crippen LogP contribution in [-0.2, 0) is 14.8 Å². The minimum atomic E-state index is -3.62. The van der Waals surface area contributed by atoms with Crippen molar-refractivity contribution in [2.24, 2.45) is 0 Å². The van der Waals surface area contributed by atoms with Crippen molar-refractivity contribution in [3.8, 4) is 5.75 Å². The molecule has 1 aliphatic rings. The topological polar surface area (TPSA) is 106 Å². The number of anilines is 2. The van der Waals surface area contributed by atoms with Crippen LogP contribution in [0.5, 0.6) is 5.75 Å². The van der Waals surface area contributed by atoms with E-state index in [-0.39, 0.29) is 11.4 Å². The van der Waals surface area contributed by atoms with E-state index in [0.717, 1.165) is 24.5 Å². The molecule has 0 radical (unpaired) electrons. The Kier molecular flexibility index (Phi) is 6.88. The second kappa shape index (κ2) is 9.38. The van der Waals surface area contributed by atoms with Gasteiger partial charge in [0.1, 0.15) is 23.7 Å². The van der Waals surface area contributed by atoms with Crippen molar-refractivity contribution in [2.45, 2.75) is 18.7 Å². The summed E-state index contributed by atoms with van der Waals surface area (Å²) >= 11 is 0. The van der Waals surface area contributed by atoms with Crippen LogP contribution >= 0.6 is 0 Å². The van der Waals surface area contributed by atoms with Gasteiger partial charge in [0.15, 0.2) is 0 Å². The molecule has 0 spiro atoms. The quantitative estimate of drug-likeness (QED) is 0.615. The highest BCUT2D eigenvalue weighted by Crippen LogP contribution is 2.26. The van der Waals surface area contributed by atoms with Crippen LogP contribution in [0.4, 0.5) is 11.6 Å². The highest BCUT2D eigenvalue weighted by atomic mass is 32.2. The van der Waals surface area contributed by atoms with Gasteiger partial charge in [-0.3, -0.25) is 0 Å². The van der Waals surface area contributed by atoms with Crippen molar-refractivity contribution in [1.29, 1.82) is 0 Å². The van der Waals surface area contributed by atoms with Crippen molar-refractivity contribution >= 4 is 21.7 Å². The third-order valence-corrected chi connectivity index (χ3v) is 6.51. The minimum absolute atomic E-state index is 0.226. The maximum Gasteiger partial charge on any atom is 0.240 e. The van der Waals surface area contributed by atoms with E-state index >= 15 is 0 Å². The molecule has 3 rings (SSSR count). The first kappa shape index (κ1) is 21.3. The number of methoxy groups -OCH3 is 1. The average molecular weight is 422 g/mol. The van der Waals surface area contributed by atoms with E-state index in [1.807, 2.05) is 13.0 Å². The lowest BCUT2D eigenvalue weighted by Crippen LogP contribution is -2.36. The summed E-state index contributed by atoms with van der Waals surface area (Å²) in [6.45, 7) is 7.18. The third-order valence-electron chi connectivity index (χ3n) is 4.91. The molecule has 1 fully saturated rings. The van der Waals surface area contributed by atoms with E-state index in [4.69, 9.17) is 9.47 Å². The van der Waals surface area contributed by atoms with Gasteiger partial charge in [-0.25, -0.2) is 23.1 Å². The van der Waals surface area contributed by atoms with Crippen molar-refractivity contribution in [3.63, 3.8) is 0 Å². The van der Waals surface area contributed by atoms with Crippen LogP contribution < -0.4 is 19.7 Å². The van der Waals surface area contributed by atoms with E-state index in [2.05, 4.69) is 24.9 Å². The lowest BCUT2D eigenvalue weighted by atomic mass is 10.1. The van der Waals surface area contributed by atoms with Crippen molar-refractivity contribution in [2.75, 3.05) is 56.7 Å². The maximum atomic E-state index is 12.7. The lowest BCUT2D eigenvalue weighted by molar-refractivity contribution is 0.122. The van der Waals surface area contributed by atoms with Gasteiger partial charge in [0.05, 0.1) is 25.2 Å². The van der Waals surface area contributed by atoms with E-state index in [1.165, 1.54) is 6.33 Å². The molecule has 1 aromatic heterocycles. The fourth-order valence-electron chi connectivity index (χ4n) is 3.15. The molecule has 0 atom stereocenters. The Labute approximate surface area is 171 Å². The average Bonchev–Trinajstić information content (AvgIpc) is 2.74. The Morgan fingerprint density at radius 3 is 2.62 bits per heavy atom. The number of morpholine rings is 1. The number of nitrogens with zero attached hydrogens (tertiary/aromatic N) is 3. The first-order valence-electron chi connectivity index (χ1n) is 9.45. The van der Waals surface area contributed by atoms with E-state index in [9.17, 15) is 8.42 Å². The van der Waals surface area contributed by atoms with Gasteiger partial charge in [0, 0.05) is 32.2 Å². The summed E-state index contributed by atoms with van der Waals surface area (Å²) < 4.78 is 38.5. The summed E-state index contributed by atoms with van der Waals surface area (Å²) in [6, 6.07) is 5.09. The summed E-state index contributed by atoms with van der Waals surface area (Å²) in [5.41, 5.74) is 1.49. The largest absolute Gasteiger partial charge is 0.496 e. The standard InChI is InChI=1S/C19H27N5O4S/c1-14-15(2)17(5-4-16(14)27-3)29(25,26)23-7-6-20-18-12-19(22-13-21-18)24-8-10-28-11-9-24/h4-5,12-13,23H,6-11H2,1-3H3,(H,20,21,22). The Morgan fingerprint density at radius 1 is 1.14 bits per heavy atom. The van der Waals surface area contributed by atoms with Crippen LogP contribution in [0.25, 0.3) is 0 Å². The second-order valence-electron chi connectivity index (χ2n) is 6.70. The molecule has 2 heterocycles. The third kappa shape index (κ3) is 5.14. The number of hydrogen-bond acceptors (Lipinski definition) is 8. The number of aromatic nitrogens is 2. The smallest absolute Gasteiger partial charge is 0.240 e. The summed E-state index contributed by atoms with van der Waals surface area (Å²) in [6.07, 6.45) is 1.50. The number of ether oxygens (including phenoxy) is 2. The molecular weight excluding hydrogens is 394 g/mol. The minimum Gasteiger partial charge on any atom is -0.496 e. The number of sulfonamides is 1. The fraction of sp³-hybridized carbons (Fsp3) is 0.474. The van der Waals surface area contributed by atoms with Crippen LogP contribution in [0.2, 0.25) is 0 Å². The van der Waals surface area contributed by atoms with E-state index < -0.39 is 10.0 Å². The number of benzene rings is 1. The number of nitrogens with one attached hydrogen (secondary N) is 2. The molecular formula is C19H27N5O4S. The molecule has 0 saturated carbocycles. The van der Waals surface area contributed by atoms with Crippen LogP contribution in [-0.4, -0.2) is 64.9 Å². The molecule has 10 heteroatoms. The zero-order valence-electron chi connectivity index (χ0n) is 16.9. The first-order chi connectivity index (χ1) is 13.9. The molecule has 0 aliphatic carbocycles. The molecule has 2 aromatic rings. The summed E-state index contributed by atoms with van der Waals surface area (Å²) in [5.74, 6) is 2.15. The summed E-state index contributed by atoms with van der Waals surface area (Å²) in [5, 5.41) is 3.14. The fourth-order valence-corrected chi connectivity index (χ4v) is 4.48. The molecule has 1 saturated heterocycles. The van der Waals surface area contributed by atoms with Crippen molar-refractivity contribution in [1.82, 2.24) is 14.7 Å². The predicted molar refractivity (Wildman–Crippen MR) is 111 cm³/mol. The zero-order valence-corrected chi connectivity index (χ0v) is 17.8. The van der Waals surface area contributed by atoms with E-state index in [1.54, 1.807) is 26.2 Å². The van der Waals surface area contributed by atoms with Gasteiger partial charge >= 0.3 is 0 Å². The van der Waals surface area contributed by atoms with Gasteiger partial charge in [-0.1, -0.05) is 0 Å². The first-order valence-corrected chi connectivity index (χ1v) is 10.9. The molecule has 9 nitrogen and oxygen atoms in total. The van der Waals surface area contributed by atoms with Crippen LogP contribution in [0.1, 0.15) is 11.1 Å². The van der Waals surface area contributed by atoms with Crippen LogP contribution in [0, 0.1) is 13.8 Å². The van der Waals surface area contributed by atoms with Gasteiger partial charge in [-0.15, -0.1) is 0 Å². The summed E-state index contributed by atoms with van der Waals surface area (Å²) in [7, 11) is -2.05. The maximum absolute atomic E-state index is 12.7. The van der Waals surface area contributed by atoms with Crippen molar-refractivity contribution in [3.05, 3.63) is 35.7 Å². The molecule has 29 heavy (non-hydrogen) atoms. The number of hydrogen-bond donors (Lipinski definition) is 2. The number of rotatable bonds is 8. The molecule has 1 aromatic carbocycles.